The second-order valence-corrected chi connectivity index (χ2v) is 22.4. The van der Waals surface area contributed by atoms with Gasteiger partial charge in [0.25, 0.3) is 0 Å². The maximum absolute atomic E-state index is 12.9. The van der Waals surface area contributed by atoms with Crippen LogP contribution in [0.3, 0.4) is 0 Å². The van der Waals surface area contributed by atoms with Gasteiger partial charge in [0.15, 0.2) is 12.3 Å². The van der Waals surface area contributed by atoms with Gasteiger partial charge in [-0.15, -0.1) is 0 Å². The van der Waals surface area contributed by atoms with Crippen molar-refractivity contribution in [1.82, 2.24) is 9.55 Å². The van der Waals surface area contributed by atoms with Gasteiger partial charge in [-0.2, -0.15) is 9.29 Å². The van der Waals surface area contributed by atoms with Crippen LogP contribution in [0.5, 0.6) is 0 Å². The fraction of sp³-hybridized carbons (Fsp3) is 0.673. The molecule has 10 atom stereocenters. The van der Waals surface area contributed by atoms with E-state index in [1.165, 1.54) is 76.7 Å². The molecular weight excluding hydrogens is 1040 g/mol. The first-order chi connectivity index (χ1) is 36.9. The lowest BCUT2D eigenvalue weighted by molar-refractivity contribution is -0.161. The third kappa shape index (κ3) is 34.0. The van der Waals surface area contributed by atoms with Crippen molar-refractivity contribution >= 4 is 33.4 Å². The second kappa shape index (κ2) is 41.2. The number of nitrogens with two attached hydrogens (primary N) is 1. The number of ether oxygens (including phenoxy) is 3. The molecule has 0 amide bonds. The SMILES string of the molecule is CC/C=C\C[C@@H](O)/C=C/C=C\C/C=C\C=C\[C@@H](O)/C=C\CCCC(=O)OC[C@H](COP(=O)(O)OP(=O)(O)OC[C@H]1O[C@@H](n2ccc(N)nc2=O)[C@H](O)[C@@H]1O)OC(=O)CCCCCCCCCCCCCCCCC(C)CC. The molecule has 0 bridgehead atoms. The Bertz CT molecular complexity index is 2130. The Balaban J connectivity index is 1.84. The number of phosphoric acid groups is 2. The monoisotopic (exact) mass is 1130 g/mol. The number of unbranched alkanes of at least 4 members (excludes halogenated alkanes) is 14. The number of anilines is 1. The van der Waals surface area contributed by atoms with Gasteiger partial charge in [-0.05, 0) is 50.5 Å². The van der Waals surface area contributed by atoms with E-state index < -0.39 is 95.9 Å². The van der Waals surface area contributed by atoms with E-state index in [1.54, 1.807) is 42.5 Å². The van der Waals surface area contributed by atoms with Gasteiger partial charge in [-0.25, -0.2) is 13.9 Å². The Morgan fingerprint density at radius 3 is 1.97 bits per heavy atom. The van der Waals surface area contributed by atoms with Crippen molar-refractivity contribution in [3.8, 4) is 0 Å². The van der Waals surface area contributed by atoms with Crippen molar-refractivity contribution < 1.29 is 76.5 Å². The van der Waals surface area contributed by atoms with Gasteiger partial charge in [0.2, 0.25) is 0 Å². The third-order valence-corrected chi connectivity index (χ3v) is 15.1. The number of allylic oxidation sites excluding steroid dienone is 8. The normalized spacial score (nSPS) is 20.4. The Kier molecular flexibility index (Phi) is 37.0. The predicted octanol–water partition coefficient (Wildman–Crippen LogP) is 9.86. The Morgan fingerprint density at radius 2 is 1.35 bits per heavy atom. The number of hydrogen-bond donors (Lipinski definition) is 7. The quantitative estimate of drug-likeness (QED) is 0.0105. The number of rotatable bonds is 44. The molecule has 0 saturated carbocycles. The number of carbonyl (C=O) groups excluding carboxylic acids is 2. The molecule has 20 nitrogen and oxygen atoms in total. The molecule has 22 heteroatoms. The molecule has 1 aliphatic heterocycles. The lowest BCUT2D eigenvalue weighted by atomic mass is 9.99. The maximum Gasteiger partial charge on any atom is 0.481 e. The summed E-state index contributed by atoms with van der Waals surface area (Å²) in [5.41, 5.74) is 4.58. The van der Waals surface area contributed by atoms with Crippen molar-refractivity contribution in [2.75, 3.05) is 25.6 Å². The number of phosphoric ester groups is 2. The number of esters is 2. The van der Waals surface area contributed by atoms with Crippen molar-refractivity contribution in [3.05, 3.63) is 95.7 Å². The topological polar surface area (TPSA) is 306 Å². The molecule has 1 aliphatic rings. The minimum absolute atomic E-state index is 0.00618. The van der Waals surface area contributed by atoms with Crippen LogP contribution in [-0.2, 0) is 46.3 Å². The molecule has 1 saturated heterocycles. The number of nitrogen functional groups attached to an aromatic ring is 1. The third-order valence-electron chi connectivity index (χ3n) is 12.5. The van der Waals surface area contributed by atoms with Crippen LogP contribution in [0.15, 0.2) is 90.0 Å². The second-order valence-electron chi connectivity index (χ2n) is 19.4. The Hall–Kier alpha value is -3.88. The van der Waals surface area contributed by atoms with E-state index in [0.717, 1.165) is 48.8 Å². The van der Waals surface area contributed by atoms with Gasteiger partial charge in [0, 0.05) is 19.0 Å². The largest absolute Gasteiger partial charge is 0.481 e. The summed E-state index contributed by atoms with van der Waals surface area (Å²) in [5.74, 6) is -0.660. The smallest absolute Gasteiger partial charge is 0.462 e. The zero-order valence-electron chi connectivity index (χ0n) is 45.6. The van der Waals surface area contributed by atoms with Gasteiger partial charge < -0.3 is 50.2 Å². The number of carbonyl (C=O) groups is 2. The highest BCUT2D eigenvalue weighted by atomic mass is 31.3. The van der Waals surface area contributed by atoms with Crippen molar-refractivity contribution in [3.63, 3.8) is 0 Å². The van der Waals surface area contributed by atoms with Crippen LogP contribution in [0.4, 0.5) is 5.82 Å². The summed E-state index contributed by atoms with van der Waals surface area (Å²) in [7, 11) is -10.9. The molecule has 1 aromatic heterocycles. The van der Waals surface area contributed by atoms with Gasteiger partial charge >= 0.3 is 33.3 Å². The van der Waals surface area contributed by atoms with Crippen LogP contribution in [0, 0.1) is 5.92 Å². The lowest BCUT2D eigenvalue weighted by Gasteiger charge is -2.21. The van der Waals surface area contributed by atoms with E-state index in [0.29, 0.717) is 32.1 Å². The van der Waals surface area contributed by atoms with Gasteiger partial charge in [0.1, 0.15) is 30.7 Å². The zero-order chi connectivity index (χ0) is 56.7. The summed E-state index contributed by atoms with van der Waals surface area (Å²) in [4.78, 5) is 62.1. The van der Waals surface area contributed by atoms with E-state index in [-0.39, 0.29) is 18.7 Å². The Labute approximate surface area is 456 Å². The molecule has 0 aliphatic carbocycles. The highest BCUT2D eigenvalue weighted by molar-refractivity contribution is 7.61. The van der Waals surface area contributed by atoms with Crippen LogP contribution >= 0.6 is 15.6 Å². The van der Waals surface area contributed by atoms with Gasteiger partial charge in [-0.3, -0.25) is 23.2 Å². The lowest BCUT2D eigenvalue weighted by Crippen LogP contribution is -2.36. The minimum Gasteiger partial charge on any atom is -0.462 e. The standard InChI is InChI=1S/C55H91N3O17P2/c1-4-6-25-33-45(59)34-27-21-17-15-18-22-28-35-46(60)36-29-24-31-37-50(61)70-41-47(73-51(62)38-30-23-19-14-12-10-8-7-9-11-13-16-20-26-32-44(3)5-2)42-71-76(66,67)75-77(68,69)72-43-48-52(63)53(64)54(74-48)58-40-39-49(56)57-55(58)65/h6,17-18,21-22,25,27-29,34-36,39-40,44-48,52-54,59-60,63-64H,4-5,7-16,19-20,23-24,26,30-33,37-38,41-43H2,1-3H3,(H,66,67)(H,68,69)(H2,56,57,65)/b21-17-,22-18-,25-6-,34-27+,35-28+,36-29-/t44?,45-,46-,47-,48-,52-,53-,54-/m1/s1. The molecule has 2 rings (SSSR count). The highest BCUT2D eigenvalue weighted by Gasteiger charge is 2.46. The molecule has 3 unspecified atom stereocenters. The summed E-state index contributed by atoms with van der Waals surface area (Å²) in [6.45, 7) is 4.14. The van der Waals surface area contributed by atoms with Gasteiger partial charge in [-0.1, -0.05) is 190 Å². The molecule has 438 valence electrons. The summed E-state index contributed by atoms with van der Waals surface area (Å²) < 4.78 is 56.8. The molecule has 1 aromatic rings. The molecule has 0 aromatic carbocycles. The highest BCUT2D eigenvalue weighted by Crippen LogP contribution is 2.60. The summed E-state index contributed by atoms with van der Waals surface area (Å²) in [5, 5.41) is 41.1. The average molecular weight is 1130 g/mol. The van der Waals surface area contributed by atoms with E-state index in [9.17, 15) is 53.7 Å². The summed E-state index contributed by atoms with van der Waals surface area (Å²) in [6, 6.07) is 1.24. The van der Waals surface area contributed by atoms with E-state index in [2.05, 4.69) is 23.1 Å². The summed E-state index contributed by atoms with van der Waals surface area (Å²) >= 11 is 0. The number of aliphatic hydroxyl groups is 4. The van der Waals surface area contributed by atoms with Crippen LogP contribution in [0.1, 0.15) is 175 Å². The fourth-order valence-electron chi connectivity index (χ4n) is 7.85. The van der Waals surface area contributed by atoms with Gasteiger partial charge in [0.05, 0.1) is 25.4 Å². The number of aliphatic hydroxyl groups excluding tert-OH is 4. The van der Waals surface area contributed by atoms with E-state index in [1.807, 2.05) is 37.3 Å². The molecule has 2 heterocycles. The molecule has 0 radical (unpaired) electrons. The first kappa shape index (κ1) is 69.2. The van der Waals surface area contributed by atoms with Crippen molar-refractivity contribution in [2.45, 2.75) is 211 Å². The average Bonchev–Trinajstić information content (AvgIpc) is 3.66. The minimum atomic E-state index is -5.47. The van der Waals surface area contributed by atoms with E-state index in [4.69, 9.17) is 29.0 Å². The fourth-order valence-corrected chi connectivity index (χ4v) is 9.96. The number of hydrogen-bond acceptors (Lipinski definition) is 17. The predicted molar refractivity (Wildman–Crippen MR) is 296 cm³/mol. The maximum atomic E-state index is 12.9. The first-order valence-corrected chi connectivity index (χ1v) is 30.6. The van der Waals surface area contributed by atoms with Crippen LogP contribution in [0.25, 0.3) is 0 Å². The van der Waals surface area contributed by atoms with Crippen molar-refractivity contribution in [1.29, 1.82) is 0 Å². The van der Waals surface area contributed by atoms with Crippen LogP contribution < -0.4 is 11.4 Å². The Morgan fingerprint density at radius 1 is 0.753 bits per heavy atom. The molecule has 1 fully saturated rings. The molecule has 0 spiro atoms. The number of aromatic nitrogens is 2. The van der Waals surface area contributed by atoms with Crippen LogP contribution in [-0.4, -0.2) is 108 Å². The molecule has 77 heavy (non-hydrogen) atoms. The zero-order valence-corrected chi connectivity index (χ0v) is 47.4. The molecular formula is C55H91N3O17P2. The van der Waals surface area contributed by atoms with E-state index >= 15 is 0 Å². The molecule has 8 N–H and O–H groups in total. The summed E-state index contributed by atoms with van der Waals surface area (Å²) in [6.07, 6.45) is 34.7. The van der Waals surface area contributed by atoms with Crippen LogP contribution in [0.2, 0.25) is 0 Å². The number of nitrogens with zero attached hydrogens (tertiary/aromatic N) is 2. The first-order valence-electron chi connectivity index (χ1n) is 27.6. The van der Waals surface area contributed by atoms with Crippen molar-refractivity contribution in [2.24, 2.45) is 5.92 Å².